The number of carbonyl (C=O) groups excluding carboxylic acids is 2. The molecule has 1 rings (SSSR count). The molecule has 8 nitrogen and oxygen atoms in total. The number of anilines is 1. The molecule has 0 heterocycles. The van der Waals surface area contributed by atoms with Crippen molar-refractivity contribution in [3.63, 3.8) is 0 Å². The Morgan fingerprint density at radius 1 is 0.814 bits per heavy atom. The second kappa shape index (κ2) is 24.8. The zero-order chi connectivity index (χ0) is 31.5. The van der Waals surface area contributed by atoms with Gasteiger partial charge in [0.2, 0.25) is 5.91 Å². The van der Waals surface area contributed by atoms with Gasteiger partial charge in [-0.2, -0.15) is 0 Å². The smallest absolute Gasteiger partial charge is 0.339 e. The molecule has 43 heavy (non-hydrogen) atoms. The van der Waals surface area contributed by atoms with Gasteiger partial charge in [-0.15, -0.1) is 11.8 Å². The monoisotopic (exact) mass is 611 g/mol. The van der Waals surface area contributed by atoms with E-state index in [0.717, 1.165) is 63.5 Å². The summed E-state index contributed by atoms with van der Waals surface area (Å²) >= 11 is 1.66. The molecule has 0 saturated carbocycles. The third-order valence-corrected chi connectivity index (χ3v) is 7.57. The molecule has 1 aromatic carbocycles. The number of carboxylic acid groups (broad SMARTS) is 1. The van der Waals surface area contributed by atoms with Gasteiger partial charge in [-0.1, -0.05) is 74.6 Å². The van der Waals surface area contributed by atoms with Gasteiger partial charge in [-0.05, 0) is 81.7 Å². The van der Waals surface area contributed by atoms with E-state index in [2.05, 4.69) is 83.6 Å². The van der Waals surface area contributed by atoms with Crippen LogP contribution in [-0.2, 0) is 4.79 Å². The highest BCUT2D eigenvalue weighted by Crippen LogP contribution is 2.21. The van der Waals surface area contributed by atoms with Crippen LogP contribution >= 0.6 is 11.8 Å². The molecule has 9 heteroatoms. The van der Waals surface area contributed by atoms with Crippen molar-refractivity contribution in [3.05, 3.63) is 84.5 Å². The SMILES string of the molecule is CCC=CCC=CCC=CCC=CCC=CCCCCS[C@@H](CC)C(=O)NCCNC(=O)Nc1ccc(O)c(C(=O)O)c1. The summed E-state index contributed by atoms with van der Waals surface area (Å²) in [5, 5.41) is 26.5. The second-order valence-corrected chi connectivity index (χ2v) is 11.0. The summed E-state index contributed by atoms with van der Waals surface area (Å²) in [6.07, 6.45) is 30.9. The van der Waals surface area contributed by atoms with Gasteiger partial charge in [0.05, 0.1) is 5.25 Å². The topological polar surface area (TPSA) is 128 Å². The number of allylic oxidation sites excluding steroid dienone is 10. The first-order chi connectivity index (χ1) is 20.9. The maximum atomic E-state index is 12.5. The van der Waals surface area contributed by atoms with Crippen LogP contribution in [0, 0.1) is 0 Å². The molecular formula is C34H49N3O5S. The fourth-order valence-corrected chi connectivity index (χ4v) is 4.90. The molecular weight excluding hydrogens is 562 g/mol. The van der Waals surface area contributed by atoms with Crippen molar-refractivity contribution in [2.45, 2.75) is 76.9 Å². The quantitative estimate of drug-likeness (QED) is 0.0518. The van der Waals surface area contributed by atoms with Crippen LogP contribution in [0.4, 0.5) is 10.5 Å². The minimum Gasteiger partial charge on any atom is -0.507 e. The second-order valence-electron chi connectivity index (χ2n) is 9.68. The number of hydrogen-bond acceptors (Lipinski definition) is 5. The highest BCUT2D eigenvalue weighted by atomic mass is 32.2. The standard InChI is InChI=1S/C34H49N3O5S/c1-3-5-6-7-8-9-10-11-12-13-14-15-16-17-18-19-20-21-26-43-31(4-2)32(39)35-24-25-36-34(42)37-28-22-23-30(38)29(27-28)33(40)41/h5-6,8-9,11-12,14-15,17-18,22-23,27,31,38H,3-4,7,10,13,16,19-21,24-26H2,1-2H3,(H,35,39)(H,40,41)(H2,36,37,42)/t31-/m0/s1. The molecule has 236 valence electrons. The number of aromatic carboxylic acids is 1. The van der Waals surface area contributed by atoms with Crippen molar-refractivity contribution in [2.24, 2.45) is 0 Å². The Labute approximate surface area is 261 Å². The van der Waals surface area contributed by atoms with E-state index in [0.29, 0.717) is 0 Å². The number of carboxylic acids is 1. The van der Waals surface area contributed by atoms with Crippen molar-refractivity contribution < 1.29 is 24.6 Å². The highest BCUT2D eigenvalue weighted by Gasteiger charge is 2.16. The summed E-state index contributed by atoms with van der Waals surface area (Å²) in [5.41, 5.74) is -0.0668. The first kappa shape index (κ1) is 37.3. The normalized spacial score (nSPS) is 12.6. The van der Waals surface area contributed by atoms with Gasteiger partial charge >= 0.3 is 12.0 Å². The number of amides is 3. The fourth-order valence-electron chi connectivity index (χ4n) is 3.77. The lowest BCUT2D eigenvalue weighted by atomic mass is 10.2. The van der Waals surface area contributed by atoms with Crippen LogP contribution in [0.2, 0.25) is 0 Å². The van der Waals surface area contributed by atoms with E-state index >= 15 is 0 Å². The number of rotatable bonds is 22. The Morgan fingerprint density at radius 2 is 1.40 bits per heavy atom. The molecule has 3 amide bonds. The first-order valence-electron chi connectivity index (χ1n) is 15.1. The van der Waals surface area contributed by atoms with E-state index in [9.17, 15) is 19.5 Å². The zero-order valence-corrected chi connectivity index (χ0v) is 26.4. The van der Waals surface area contributed by atoms with Crippen LogP contribution in [0.15, 0.2) is 79.0 Å². The molecule has 0 radical (unpaired) electrons. The van der Waals surface area contributed by atoms with Crippen molar-refractivity contribution in [2.75, 3.05) is 24.2 Å². The average Bonchev–Trinajstić information content (AvgIpc) is 2.99. The third-order valence-electron chi connectivity index (χ3n) is 6.10. The van der Waals surface area contributed by atoms with E-state index in [1.807, 2.05) is 6.92 Å². The summed E-state index contributed by atoms with van der Waals surface area (Å²) in [6.45, 7) is 4.63. The van der Waals surface area contributed by atoms with Crippen LogP contribution in [0.1, 0.15) is 82.0 Å². The minimum atomic E-state index is -1.29. The molecule has 0 bridgehead atoms. The number of nitrogens with one attached hydrogen (secondary N) is 3. The first-order valence-corrected chi connectivity index (χ1v) is 16.2. The number of phenols is 1. The lowest BCUT2D eigenvalue weighted by Crippen LogP contribution is -2.39. The number of thioether (sulfide) groups is 1. The van der Waals surface area contributed by atoms with Gasteiger partial charge in [-0.3, -0.25) is 4.79 Å². The van der Waals surface area contributed by atoms with Gasteiger partial charge in [0, 0.05) is 18.8 Å². The summed E-state index contributed by atoms with van der Waals surface area (Å²) in [4.78, 5) is 35.6. The number of urea groups is 1. The van der Waals surface area contributed by atoms with E-state index < -0.39 is 12.0 Å². The number of unbranched alkanes of at least 4 members (excludes halogenated alkanes) is 2. The van der Waals surface area contributed by atoms with Crippen LogP contribution < -0.4 is 16.0 Å². The molecule has 5 N–H and O–H groups in total. The summed E-state index contributed by atoms with van der Waals surface area (Å²) in [7, 11) is 0. The van der Waals surface area contributed by atoms with Crippen LogP contribution in [0.3, 0.4) is 0 Å². The van der Waals surface area contributed by atoms with Gasteiger partial charge in [-0.25, -0.2) is 9.59 Å². The van der Waals surface area contributed by atoms with Gasteiger partial charge in [0.25, 0.3) is 0 Å². The Hall–Kier alpha value is -3.72. The zero-order valence-electron chi connectivity index (χ0n) is 25.6. The Balaban J connectivity index is 2.10. The minimum absolute atomic E-state index is 0.0443. The summed E-state index contributed by atoms with van der Waals surface area (Å²) < 4.78 is 0. The maximum Gasteiger partial charge on any atom is 0.339 e. The molecule has 0 saturated heterocycles. The molecule has 0 fully saturated rings. The van der Waals surface area contributed by atoms with E-state index in [-0.39, 0.29) is 41.2 Å². The molecule has 0 aliphatic heterocycles. The highest BCUT2D eigenvalue weighted by molar-refractivity contribution is 8.00. The lowest BCUT2D eigenvalue weighted by molar-refractivity contribution is -0.120. The van der Waals surface area contributed by atoms with Crippen molar-refractivity contribution >= 4 is 35.4 Å². The van der Waals surface area contributed by atoms with Gasteiger partial charge in [0.1, 0.15) is 11.3 Å². The molecule has 0 aliphatic carbocycles. The summed E-state index contributed by atoms with van der Waals surface area (Å²) in [5.74, 6) is -0.799. The fraction of sp³-hybridized carbons (Fsp3) is 0.441. The molecule has 1 atom stereocenters. The van der Waals surface area contributed by atoms with Crippen LogP contribution in [0.25, 0.3) is 0 Å². The number of benzene rings is 1. The van der Waals surface area contributed by atoms with E-state index in [1.54, 1.807) is 11.8 Å². The molecule has 0 aliphatic rings. The Kier molecular flexibility index (Phi) is 21.5. The molecule has 0 spiro atoms. The summed E-state index contributed by atoms with van der Waals surface area (Å²) in [6, 6.07) is 3.23. The number of hydrogen-bond donors (Lipinski definition) is 5. The molecule has 1 aromatic rings. The van der Waals surface area contributed by atoms with E-state index in [4.69, 9.17) is 5.11 Å². The largest absolute Gasteiger partial charge is 0.507 e. The Bertz CT molecular complexity index is 1110. The van der Waals surface area contributed by atoms with Crippen molar-refractivity contribution in [1.29, 1.82) is 0 Å². The maximum absolute atomic E-state index is 12.5. The number of carbonyl (C=O) groups is 3. The van der Waals surface area contributed by atoms with Crippen LogP contribution in [0.5, 0.6) is 5.75 Å². The van der Waals surface area contributed by atoms with Gasteiger partial charge < -0.3 is 26.2 Å². The van der Waals surface area contributed by atoms with Crippen LogP contribution in [-0.4, -0.2) is 52.2 Å². The molecule has 0 aromatic heterocycles. The predicted molar refractivity (Wildman–Crippen MR) is 180 cm³/mol. The number of aromatic hydroxyl groups is 1. The predicted octanol–water partition coefficient (Wildman–Crippen LogP) is 7.76. The van der Waals surface area contributed by atoms with Gasteiger partial charge in [0.15, 0.2) is 0 Å². The lowest BCUT2D eigenvalue weighted by Gasteiger charge is -2.15. The van der Waals surface area contributed by atoms with E-state index in [1.165, 1.54) is 18.2 Å². The van der Waals surface area contributed by atoms with Crippen molar-refractivity contribution in [3.8, 4) is 5.75 Å². The third kappa shape index (κ3) is 19.2. The Morgan fingerprint density at radius 3 is 1.98 bits per heavy atom. The average molecular weight is 612 g/mol. The molecule has 0 unspecified atom stereocenters. The van der Waals surface area contributed by atoms with Crippen molar-refractivity contribution in [1.82, 2.24) is 10.6 Å².